The third-order valence-electron chi connectivity index (χ3n) is 2.96. The molecule has 0 saturated heterocycles. The molecule has 132 valence electrons. The largest absolute Gasteiger partial charge is 0.379 e. The lowest BCUT2D eigenvalue weighted by Crippen LogP contribution is -2.40. The molecule has 1 rings (SSSR count). The smallest absolute Gasteiger partial charge is 0.193 e. The molecule has 0 saturated carbocycles. The van der Waals surface area contributed by atoms with E-state index in [9.17, 15) is 8.42 Å². The van der Waals surface area contributed by atoms with Crippen LogP contribution in [0.15, 0.2) is 35.3 Å². The SMILES string of the molecule is CN=C(NCCOCCS(C)(=O)=O)N(C)Cc1ccccc1.I. The molecule has 0 spiro atoms. The second-order valence-electron chi connectivity index (χ2n) is 5.06. The Morgan fingerprint density at radius 2 is 1.91 bits per heavy atom. The zero-order chi connectivity index (χ0) is 16.4. The van der Waals surface area contributed by atoms with Gasteiger partial charge in [-0.2, -0.15) is 0 Å². The normalized spacial score (nSPS) is 11.7. The zero-order valence-electron chi connectivity index (χ0n) is 13.9. The number of hydrogen-bond acceptors (Lipinski definition) is 4. The average molecular weight is 455 g/mol. The number of nitrogens with zero attached hydrogens (tertiary/aromatic N) is 2. The molecule has 0 heterocycles. The number of rotatable bonds is 8. The van der Waals surface area contributed by atoms with Crippen LogP contribution in [0, 0.1) is 0 Å². The minimum Gasteiger partial charge on any atom is -0.379 e. The van der Waals surface area contributed by atoms with Crippen LogP contribution in [0.2, 0.25) is 0 Å². The van der Waals surface area contributed by atoms with Crippen molar-refractivity contribution in [2.45, 2.75) is 6.54 Å². The van der Waals surface area contributed by atoms with Crippen molar-refractivity contribution >= 4 is 39.8 Å². The van der Waals surface area contributed by atoms with Crippen LogP contribution in [0.5, 0.6) is 0 Å². The van der Waals surface area contributed by atoms with Crippen LogP contribution in [0.1, 0.15) is 5.56 Å². The number of aliphatic imine (C=N–C) groups is 1. The summed E-state index contributed by atoms with van der Waals surface area (Å²) in [6.45, 7) is 2.00. The summed E-state index contributed by atoms with van der Waals surface area (Å²) in [5.74, 6) is 0.825. The van der Waals surface area contributed by atoms with Crippen molar-refractivity contribution < 1.29 is 13.2 Å². The van der Waals surface area contributed by atoms with Crippen LogP contribution in [0.3, 0.4) is 0 Å². The van der Waals surface area contributed by atoms with Gasteiger partial charge in [-0.1, -0.05) is 30.3 Å². The number of hydrogen-bond donors (Lipinski definition) is 1. The van der Waals surface area contributed by atoms with Gasteiger partial charge in [0, 0.05) is 33.4 Å². The molecule has 1 aromatic rings. The van der Waals surface area contributed by atoms with E-state index in [1.807, 2.05) is 30.1 Å². The third-order valence-corrected chi connectivity index (χ3v) is 3.87. The predicted octanol–water partition coefficient (Wildman–Crippen LogP) is 1.37. The maximum atomic E-state index is 11.0. The van der Waals surface area contributed by atoms with E-state index in [0.717, 1.165) is 12.5 Å². The van der Waals surface area contributed by atoms with Gasteiger partial charge in [0.15, 0.2) is 5.96 Å². The fraction of sp³-hybridized carbons (Fsp3) is 0.533. The second-order valence-corrected chi connectivity index (χ2v) is 7.32. The molecule has 0 aliphatic heterocycles. The van der Waals surface area contributed by atoms with Crippen molar-refractivity contribution in [1.82, 2.24) is 10.2 Å². The van der Waals surface area contributed by atoms with Crippen molar-refractivity contribution in [1.29, 1.82) is 0 Å². The fourth-order valence-electron chi connectivity index (χ4n) is 1.86. The molecule has 0 unspecified atom stereocenters. The van der Waals surface area contributed by atoms with E-state index in [1.54, 1.807) is 7.05 Å². The third kappa shape index (κ3) is 10.5. The van der Waals surface area contributed by atoms with Crippen LogP contribution < -0.4 is 5.32 Å². The Morgan fingerprint density at radius 3 is 2.48 bits per heavy atom. The molecule has 1 N–H and O–H groups in total. The lowest BCUT2D eigenvalue weighted by atomic mass is 10.2. The lowest BCUT2D eigenvalue weighted by molar-refractivity contribution is 0.153. The molecule has 0 radical (unpaired) electrons. The van der Waals surface area contributed by atoms with E-state index in [0.29, 0.717) is 13.2 Å². The molecule has 0 amide bonds. The van der Waals surface area contributed by atoms with Crippen molar-refractivity contribution in [3.63, 3.8) is 0 Å². The Labute approximate surface area is 156 Å². The predicted molar refractivity (Wildman–Crippen MR) is 105 cm³/mol. The van der Waals surface area contributed by atoms with Gasteiger partial charge in [-0.3, -0.25) is 4.99 Å². The Kier molecular flexibility index (Phi) is 11.2. The number of sulfone groups is 1. The van der Waals surface area contributed by atoms with Gasteiger partial charge in [0.25, 0.3) is 0 Å². The van der Waals surface area contributed by atoms with Gasteiger partial charge in [-0.05, 0) is 5.56 Å². The second kappa shape index (κ2) is 11.6. The molecule has 8 heteroatoms. The molecule has 0 bridgehead atoms. The number of halogens is 1. The Balaban J connectivity index is 0.00000484. The standard InChI is InChI=1S/C15H25N3O3S.HI/c1-16-15(17-9-10-21-11-12-22(3,19)20)18(2)13-14-7-5-4-6-8-14;/h4-8H,9-13H2,1-3H3,(H,16,17);1H. The topological polar surface area (TPSA) is 71.0 Å². The summed E-state index contributed by atoms with van der Waals surface area (Å²) in [5.41, 5.74) is 1.21. The fourth-order valence-corrected chi connectivity index (χ4v) is 2.28. The molecule has 6 nitrogen and oxygen atoms in total. The molecule has 0 atom stereocenters. The van der Waals surface area contributed by atoms with Crippen molar-refractivity contribution in [2.24, 2.45) is 4.99 Å². The van der Waals surface area contributed by atoms with Crippen molar-refractivity contribution in [3.8, 4) is 0 Å². The van der Waals surface area contributed by atoms with Crippen LogP contribution in [0.25, 0.3) is 0 Å². The summed E-state index contributed by atoms with van der Waals surface area (Å²) in [6, 6.07) is 10.1. The van der Waals surface area contributed by atoms with Crippen LogP contribution >= 0.6 is 24.0 Å². The average Bonchev–Trinajstić information content (AvgIpc) is 2.46. The summed E-state index contributed by atoms with van der Waals surface area (Å²) in [4.78, 5) is 6.24. The maximum Gasteiger partial charge on any atom is 0.193 e. The van der Waals surface area contributed by atoms with E-state index in [2.05, 4.69) is 22.4 Å². The monoisotopic (exact) mass is 455 g/mol. The molecule has 1 aromatic carbocycles. The van der Waals surface area contributed by atoms with E-state index in [1.165, 1.54) is 11.8 Å². The van der Waals surface area contributed by atoms with E-state index >= 15 is 0 Å². The summed E-state index contributed by atoms with van der Waals surface area (Å²) in [7, 11) is 0.738. The number of guanidine groups is 1. The molecular weight excluding hydrogens is 429 g/mol. The first kappa shape index (κ1) is 22.1. The van der Waals surface area contributed by atoms with Gasteiger partial charge < -0.3 is 15.0 Å². The summed E-state index contributed by atoms with van der Waals surface area (Å²) < 4.78 is 27.2. The van der Waals surface area contributed by atoms with E-state index in [4.69, 9.17) is 4.74 Å². The quantitative estimate of drug-likeness (QED) is 0.278. The Bertz CT molecular complexity index is 565. The maximum absolute atomic E-state index is 11.0. The Hall–Kier alpha value is -0.870. The summed E-state index contributed by atoms with van der Waals surface area (Å²) >= 11 is 0. The van der Waals surface area contributed by atoms with E-state index in [-0.39, 0.29) is 36.3 Å². The van der Waals surface area contributed by atoms with Crippen LogP contribution in [-0.2, 0) is 21.1 Å². The molecular formula is C15H26IN3O3S. The molecule has 0 aliphatic rings. The number of nitrogens with one attached hydrogen (secondary N) is 1. The highest BCUT2D eigenvalue weighted by Gasteiger charge is 2.06. The van der Waals surface area contributed by atoms with E-state index < -0.39 is 9.84 Å². The first-order valence-corrected chi connectivity index (χ1v) is 9.19. The van der Waals surface area contributed by atoms with Gasteiger partial charge in [0.2, 0.25) is 0 Å². The highest BCUT2D eigenvalue weighted by molar-refractivity contribution is 14.0. The van der Waals surface area contributed by atoms with Crippen LogP contribution in [-0.4, -0.2) is 65.1 Å². The highest BCUT2D eigenvalue weighted by Crippen LogP contribution is 2.02. The van der Waals surface area contributed by atoms with Gasteiger partial charge in [-0.25, -0.2) is 8.42 Å². The molecule has 0 fully saturated rings. The van der Waals surface area contributed by atoms with Crippen LogP contribution in [0.4, 0.5) is 0 Å². The highest BCUT2D eigenvalue weighted by atomic mass is 127. The minimum atomic E-state index is -2.96. The summed E-state index contributed by atoms with van der Waals surface area (Å²) in [6.07, 6.45) is 1.20. The number of benzene rings is 1. The summed E-state index contributed by atoms with van der Waals surface area (Å²) in [5, 5.41) is 3.19. The van der Waals surface area contributed by atoms with Crippen molar-refractivity contribution in [3.05, 3.63) is 35.9 Å². The first-order valence-electron chi connectivity index (χ1n) is 7.13. The first-order chi connectivity index (χ1) is 10.4. The minimum absolute atomic E-state index is 0. The molecule has 0 aliphatic carbocycles. The van der Waals surface area contributed by atoms with Gasteiger partial charge in [0.05, 0.1) is 19.0 Å². The van der Waals surface area contributed by atoms with Gasteiger partial charge in [-0.15, -0.1) is 24.0 Å². The van der Waals surface area contributed by atoms with Crippen molar-refractivity contribution in [2.75, 3.05) is 45.9 Å². The van der Waals surface area contributed by atoms with Gasteiger partial charge in [0.1, 0.15) is 9.84 Å². The lowest BCUT2D eigenvalue weighted by Gasteiger charge is -2.22. The number of ether oxygens (including phenoxy) is 1. The van der Waals surface area contributed by atoms with Gasteiger partial charge >= 0.3 is 0 Å². The zero-order valence-corrected chi connectivity index (χ0v) is 17.0. The molecule has 0 aromatic heterocycles. The Morgan fingerprint density at radius 1 is 1.26 bits per heavy atom. The molecule has 23 heavy (non-hydrogen) atoms.